The highest BCUT2D eigenvalue weighted by Gasteiger charge is 2.08. The van der Waals surface area contributed by atoms with Crippen LogP contribution >= 0.6 is 22.9 Å². The number of thiophene rings is 1. The Hall–Kier alpha value is -0.310. The van der Waals surface area contributed by atoms with E-state index in [1.807, 2.05) is 6.07 Å². The fourth-order valence-electron chi connectivity index (χ4n) is 2.24. The van der Waals surface area contributed by atoms with Gasteiger partial charge in [-0.25, -0.2) is 0 Å². The Kier molecular flexibility index (Phi) is 5.08. The highest BCUT2D eigenvalue weighted by molar-refractivity contribution is 7.16. The van der Waals surface area contributed by atoms with Gasteiger partial charge >= 0.3 is 0 Å². The van der Waals surface area contributed by atoms with Crippen molar-refractivity contribution in [1.82, 2.24) is 5.32 Å². The molecular formula is C14H20ClNS. The molecule has 1 unspecified atom stereocenters. The van der Waals surface area contributed by atoms with Gasteiger partial charge in [-0.3, -0.25) is 0 Å². The Morgan fingerprint density at radius 2 is 2.29 bits per heavy atom. The number of allylic oxidation sites excluding steroid dienone is 1. The summed E-state index contributed by atoms with van der Waals surface area (Å²) < 4.78 is 0.878. The molecule has 0 bridgehead atoms. The third-order valence-electron chi connectivity index (χ3n) is 3.30. The highest BCUT2D eigenvalue weighted by atomic mass is 35.5. The maximum atomic E-state index is 5.94. The van der Waals surface area contributed by atoms with Crippen molar-refractivity contribution in [2.24, 2.45) is 0 Å². The SMILES string of the molecule is CC(NCCC1=CCCCC1)c1ccc(Cl)s1. The molecule has 17 heavy (non-hydrogen) atoms. The van der Waals surface area contributed by atoms with Gasteiger partial charge in [0.1, 0.15) is 0 Å². The lowest BCUT2D eigenvalue weighted by Gasteiger charge is -2.15. The van der Waals surface area contributed by atoms with Gasteiger partial charge in [0.25, 0.3) is 0 Å². The Bertz CT molecular complexity index is 383. The van der Waals surface area contributed by atoms with Crippen molar-refractivity contribution in [2.75, 3.05) is 6.54 Å². The zero-order valence-electron chi connectivity index (χ0n) is 10.3. The molecule has 0 aromatic carbocycles. The third kappa shape index (κ3) is 4.13. The summed E-state index contributed by atoms with van der Waals surface area (Å²) in [4.78, 5) is 1.33. The Morgan fingerprint density at radius 1 is 1.41 bits per heavy atom. The van der Waals surface area contributed by atoms with E-state index in [1.54, 1.807) is 16.9 Å². The zero-order chi connectivity index (χ0) is 12.1. The molecule has 1 N–H and O–H groups in total. The Labute approximate surface area is 113 Å². The van der Waals surface area contributed by atoms with Gasteiger partial charge in [-0.1, -0.05) is 23.3 Å². The molecule has 1 nitrogen and oxygen atoms in total. The molecule has 1 aromatic rings. The topological polar surface area (TPSA) is 12.0 Å². The number of hydrogen-bond acceptors (Lipinski definition) is 2. The van der Waals surface area contributed by atoms with Crippen LogP contribution in [0, 0.1) is 0 Å². The van der Waals surface area contributed by atoms with Crippen molar-refractivity contribution >= 4 is 22.9 Å². The summed E-state index contributed by atoms with van der Waals surface area (Å²) in [7, 11) is 0. The summed E-state index contributed by atoms with van der Waals surface area (Å²) in [5.74, 6) is 0. The molecule has 1 heterocycles. The molecule has 0 fully saturated rings. The first-order valence-corrected chi connectivity index (χ1v) is 7.61. The predicted octanol–water partition coefficient (Wildman–Crippen LogP) is 4.94. The predicted molar refractivity (Wildman–Crippen MR) is 76.9 cm³/mol. The summed E-state index contributed by atoms with van der Waals surface area (Å²) in [5, 5.41) is 3.57. The number of nitrogens with one attached hydrogen (secondary N) is 1. The third-order valence-corrected chi connectivity index (χ3v) is 4.72. The molecule has 1 atom stereocenters. The van der Waals surface area contributed by atoms with Crippen molar-refractivity contribution in [3.63, 3.8) is 0 Å². The second-order valence-electron chi connectivity index (χ2n) is 4.68. The average molecular weight is 270 g/mol. The smallest absolute Gasteiger partial charge is 0.0931 e. The first kappa shape index (κ1) is 13.1. The standard InChI is InChI=1S/C14H20ClNS/c1-11(13-7-8-14(15)17-13)16-10-9-12-5-3-2-4-6-12/h5,7-8,11,16H,2-4,6,9-10H2,1H3. The Morgan fingerprint density at radius 3 is 2.94 bits per heavy atom. The van der Waals surface area contributed by atoms with Crippen LogP contribution in [0.15, 0.2) is 23.8 Å². The van der Waals surface area contributed by atoms with Gasteiger partial charge in [0.2, 0.25) is 0 Å². The van der Waals surface area contributed by atoms with Crippen LogP contribution in [0.25, 0.3) is 0 Å². The van der Waals surface area contributed by atoms with Crippen LogP contribution in [0.3, 0.4) is 0 Å². The molecular weight excluding hydrogens is 250 g/mol. The lowest BCUT2D eigenvalue weighted by Crippen LogP contribution is -2.19. The summed E-state index contributed by atoms with van der Waals surface area (Å²) in [6, 6.07) is 4.50. The maximum Gasteiger partial charge on any atom is 0.0931 e. The van der Waals surface area contributed by atoms with Crippen molar-refractivity contribution < 1.29 is 0 Å². The van der Waals surface area contributed by atoms with Crippen molar-refractivity contribution in [2.45, 2.75) is 45.1 Å². The van der Waals surface area contributed by atoms with E-state index in [0.29, 0.717) is 6.04 Å². The van der Waals surface area contributed by atoms with Gasteiger partial charge in [0, 0.05) is 10.9 Å². The molecule has 0 radical (unpaired) electrons. The molecule has 0 amide bonds. The second-order valence-corrected chi connectivity index (χ2v) is 6.42. The molecule has 1 aliphatic carbocycles. The summed E-state index contributed by atoms with van der Waals surface area (Å²) in [6.07, 6.45) is 8.97. The Balaban J connectivity index is 1.73. The average Bonchev–Trinajstić information content (AvgIpc) is 2.77. The van der Waals surface area contributed by atoms with Gasteiger partial charge in [0.05, 0.1) is 4.34 Å². The summed E-state index contributed by atoms with van der Waals surface area (Å²) in [5.41, 5.74) is 1.64. The van der Waals surface area contributed by atoms with Gasteiger partial charge in [-0.05, 0) is 57.7 Å². The minimum Gasteiger partial charge on any atom is -0.309 e. The first-order chi connectivity index (χ1) is 8.25. The van der Waals surface area contributed by atoms with Crippen molar-refractivity contribution in [3.05, 3.63) is 33.0 Å². The lowest BCUT2D eigenvalue weighted by molar-refractivity contribution is 0.569. The van der Waals surface area contributed by atoms with E-state index < -0.39 is 0 Å². The molecule has 0 aliphatic heterocycles. The molecule has 0 spiro atoms. The van der Waals surface area contributed by atoms with E-state index in [4.69, 9.17) is 11.6 Å². The number of rotatable bonds is 5. The normalized spacial score (nSPS) is 17.9. The van der Waals surface area contributed by atoms with Crippen LogP contribution in [-0.2, 0) is 0 Å². The molecule has 2 rings (SSSR count). The van der Waals surface area contributed by atoms with E-state index in [9.17, 15) is 0 Å². The highest BCUT2D eigenvalue weighted by Crippen LogP contribution is 2.27. The maximum absolute atomic E-state index is 5.94. The van der Waals surface area contributed by atoms with Crippen LogP contribution in [0.2, 0.25) is 4.34 Å². The fourth-order valence-corrected chi connectivity index (χ4v) is 3.33. The summed E-state index contributed by atoms with van der Waals surface area (Å²) >= 11 is 7.61. The largest absolute Gasteiger partial charge is 0.309 e. The van der Waals surface area contributed by atoms with E-state index in [2.05, 4.69) is 24.4 Å². The molecule has 0 saturated heterocycles. The lowest BCUT2D eigenvalue weighted by atomic mass is 9.97. The minimum absolute atomic E-state index is 0.414. The molecule has 94 valence electrons. The minimum atomic E-state index is 0.414. The van der Waals surface area contributed by atoms with Crippen molar-refractivity contribution in [1.29, 1.82) is 0 Å². The van der Waals surface area contributed by atoms with Crippen LogP contribution in [0.5, 0.6) is 0 Å². The van der Waals surface area contributed by atoms with E-state index >= 15 is 0 Å². The van der Waals surface area contributed by atoms with Crippen molar-refractivity contribution in [3.8, 4) is 0 Å². The van der Waals surface area contributed by atoms with Crippen LogP contribution in [0.1, 0.15) is 49.9 Å². The summed E-state index contributed by atoms with van der Waals surface area (Å²) in [6.45, 7) is 3.28. The van der Waals surface area contributed by atoms with Gasteiger partial charge in [-0.15, -0.1) is 11.3 Å². The monoisotopic (exact) mass is 269 g/mol. The molecule has 3 heteroatoms. The van der Waals surface area contributed by atoms with E-state index in [1.165, 1.54) is 37.0 Å². The van der Waals surface area contributed by atoms with E-state index in [0.717, 1.165) is 10.9 Å². The van der Waals surface area contributed by atoms with Gasteiger partial charge < -0.3 is 5.32 Å². The molecule has 1 aliphatic rings. The number of halogens is 1. The molecule has 1 aromatic heterocycles. The first-order valence-electron chi connectivity index (χ1n) is 6.42. The van der Waals surface area contributed by atoms with Crippen LogP contribution < -0.4 is 5.32 Å². The van der Waals surface area contributed by atoms with E-state index in [-0.39, 0.29) is 0 Å². The quantitative estimate of drug-likeness (QED) is 0.747. The number of hydrogen-bond donors (Lipinski definition) is 1. The van der Waals surface area contributed by atoms with Crippen LogP contribution in [0.4, 0.5) is 0 Å². The molecule has 0 saturated carbocycles. The zero-order valence-corrected chi connectivity index (χ0v) is 11.9. The van der Waals surface area contributed by atoms with Gasteiger partial charge in [0.15, 0.2) is 0 Å². The van der Waals surface area contributed by atoms with Gasteiger partial charge in [-0.2, -0.15) is 0 Å². The second kappa shape index (κ2) is 6.58. The fraction of sp³-hybridized carbons (Fsp3) is 0.571. The van der Waals surface area contributed by atoms with Crippen LogP contribution in [-0.4, -0.2) is 6.54 Å².